The predicted molar refractivity (Wildman–Crippen MR) is 97.3 cm³/mol. The van der Waals surface area contributed by atoms with Crippen molar-refractivity contribution in [2.75, 3.05) is 37.7 Å². The van der Waals surface area contributed by atoms with Gasteiger partial charge in [-0.2, -0.15) is 0 Å². The fourth-order valence-electron chi connectivity index (χ4n) is 3.34. The highest BCUT2D eigenvalue weighted by Gasteiger charge is 2.28. The SMILES string of the molecule is O=C(c1ccncc1Cl)N1CCO[C@@H](c2ccnc(N3CCCC3)n2)C1. The Labute approximate surface area is 157 Å². The predicted octanol–water partition coefficient (Wildman–Crippen LogP) is 2.34. The second kappa shape index (κ2) is 7.55. The number of rotatable bonds is 3. The standard InChI is InChI=1S/C18H20ClN5O2/c19-14-11-20-5-3-13(14)17(25)24-9-10-26-16(12-24)15-4-6-21-18(22-15)23-7-1-2-8-23/h3-6,11,16H,1-2,7-10,12H2/t16-/m1/s1. The van der Waals surface area contributed by atoms with Gasteiger partial charge in [-0.15, -0.1) is 0 Å². The van der Waals surface area contributed by atoms with E-state index < -0.39 is 0 Å². The molecule has 2 aliphatic rings. The van der Waals surface area contributed by atoms with Crippen LogP contribution in [0, 0.1) is 0 Å². The number of anilines is 1. The lowest BCUT2D eigenvalue weighted by Crippen LogP contribution is -2.42. The Hall–Kier alpha value is -2.25. The summed E-state index contributed by atoms with van der Waals surface area (Å²) >= 11 is 6.12. The molecule has 7 nitrogen and oxygen atoms in total. The number of aromatic nitrogens is 3. The van der Waals surface area contributed by atoms with E-state index in [-0.39, 0.29) is 12.0 Å². The number of hydrogen-bond donors (Lipinski definition) is 0. The van der Waals surface area contributed by atoms with E-state index >= 15 is 0 Å². The molecule has 4 heterocycles. The van der Waals surface area contributed by atoms with Crippen molar-refractivity contribution in [2.45, 2.75) is 18.9 Å². The van der Waals surface area contributed by atoms with Crippen LogP contribution in [0.5, 0.6) is 0 Å². The third kappa shape index (κ3) is 3.50. The van der Waals surface area contributed by atoms with Crippen LogP contribution in [0.15, 0.2) is 30.7 Å². The van der Waals surface area contributed by atoms with E-state index in [1.165, 1.54) is 19.0 Å². The van der Waals surface area contributed by atoms with Gasteiger partial charge in [-0.3, -0.25) is 9.78 Å². The Morgan fingerprint density at radius 2 is 2.04 bits per heavy atom. The van der Waals surface area contributed by atoms with Crippen molar-refractivity contribution in [3.8, 4) is 0 Å². The number of hydrogen-bond acceptors (Lipinski definition) is 6. The van der Waals surface area contributed by atoms with Crippen molar-refractivity contribution in [3.63, 3.8) is 0 Å². The Morgan fingerprint density at radius 1 is 1.19 bits per heavy atom. The van der Waals surface area contributed by atoms with E-state index in [4.69, 9.17) is 16.3 Å². The number of morpholine rings is 1. The third-order valence-corrected chi connectivity index (χ3v) is 5.04. The molecule has 2 fully saturated rings. The average molecular weight is 374 g/mol. The molecule has 4 rings (SSSR count). The molecule has 0 aliphatic carbocycles. The normalized spacial score (nSPS) is 20.4. The monoisotopic (exact) mass is 373 g/mol. The highest BCUT2D eigenvalue weighted by Crippen LogP contribution is 2.25. The lowest BCUT2D eigenvalue weighted by atomic mass is 10.1. The zero-order valence-electron chi connectivity index (χ0n) is 14.3. The Kier molecular flexibility index (Phi) is 4.99. The fraction of sp³-hybridized carbons (Fsp3) is 0.444. The summed E-state index contributed by atoms with van der Waals surface area (Å²) in [5, 5.41) is 0.360. The number of pyridine rings is 1. The number of amides is 1. The highest BCUT2D eigenvalue weighted by atomic mass is 35.5. The zero-order chi connectivity index (χ0) is 17.9. The van der Waals surface area contributed by atoms with Gasteiger partial charge < -0.3 is 14.5 Å². The summed E-state index contributed by atoms with van der Waals surface area (Å²) in [4.78, 5) is 29.7. The first-order valence-corrected chi connectivity index (χ1v) is 9.18. The van der Waals surface area contributed by atoms with Crippen LogP contribution in [0.1, 0.15) is 35.0 Å². The summed E-state index contributed by atoms with van der Waals surface area (Å²) in [5.74, 6) is 0.628. The van der Waals surface area contributed by atoms with Gasteiger partial charge in [0.1, 0.15) is 6.10 Å². The lowest BCUT2D eigenvalue weighted by Gasteiger charge is -2.33. The van der Waals surface area contributed by atoms with Gasteiger partial charge in [0, 0.05) is 38.2 Å². The number of carbonyl (C=O) groups excluding carboxylic acids is 1. The second-order valence-electron chi connectivity index (χ2n) is 6.44. The van der Waals surface area contributed by atoms with Gasteiger partial charge in [0.2, 0.25) is 5.95 Å². The smallest absolute Gasteiger partial charge is 0.255 e. The van der Waals surface area contributed by atoms with E-state index in [9.17, 15) is 4.79 Å². The summed E-state index contributed by atoms with van der Waals surface area (Å²) < 4.78 is 5.88. The number of ether oxygens (including phenoxy) is 1. The average Bonchev–Trinajstić information content (AvgIpc) is 3.23. The van der Waals surface area contributed by atoms with Crippen molar-refractivity contribution < 1.29 is 9.53 Å². The number of carbonyl (C=O) groups is 1. The maximum atomic E-state index is 12.8. The maximum absolute atomic E-state index is 12.8. The van der Waals surface area contributed by atoms with Crippen LogP contribution >= 0.6 is 11.6 Å². The van der Waals surface area contributed by atoms with Crippen molar-refractivity contribution in [1.82, 2.24) is 19.9 Å². The van der Waals surface area contributed by atoms with Crippen LogP contribution in [-0.4, -0.2) is 58.5 Å². The highest BCUT2D eigenvalue weighted by molar-refractivity contribution is 6.33. The third-order valence-electron chi connectivity index (χ3n) is 4.74. The molecule has 2 aromatic rings. The first kappa shape index (κ1) is 17.2. The molecule has 1 amide bonds. The molecule has 8 heteroatoms. The van der Waals surface area contributed by atoms with Crippen molar-refractivity contribution >= 4 is 23.5 Å². The molecule has 26 heavy (non-hydrogen) atoms. The fourth-order valence-corrected chi connectivity index (χ4v) is 3.54. The Morgan fingerprint density at radius 3 is 2.85 bits per heavy atom. The van der Waals surface area contributed by atoms with Gasteiger partial charge in [-0.25, -0.2) is 9.97 Å². The van der Waals surface area contributed by atoms with E-state index in [0.29, 0.717) is 30.3 Å². The minimum absolute atomic E-state index is 0.112. The zero-order valence-corrected chi connectivity index (χ0v) is 15.1. The molecule has 136 valence electrons. The largest absolute Gasteiger partial charge is 0.368 e. The van der Waals surface area contributed by atoms with E-state index in [1.54, 1.807) is 23.4 Å². The summed E-state index contributed by atoms with van der Waals surface area (Å²) in [6.07, 6.45) is 6.89. The molecular weight excluding hydrogens is 354 g/mol. The molecule has 2 saturated heterocycles. The van der Waals surface area contributed by atoms with Crippen LogP contribution in [-0.2, 0) is 4.74 Å². The molecule has 1 atom stereocenters. The van der Waals surface area contributed by atoms with Gasteiger partial charge in [-0.1, -0.05) is 11.6 Å². The van der Waals surface area contributed by atoms with Gasteiger partial charge in [0.05, 0.1) is 29.4 Å². The maximum Gasteiger partial charge on any atom is 0.255 e. The molecule has 0 N–H and O–H groups in total. The lowest BCUT2D eigenvalue weighted by molar-refractivity contribution is -0.0247. The van der Waals surface area contributed by atoms with E-state index in [0.717, 1.165) is 24.7 Å². The topological polar surface area (TPSA) is 71.5 Å². The minimum atomic E-state index is -0.266. The summed E-state index contributed by atoms with van der Waals surface area (Å²) in [5.41, 5.74) is 1.27. The van der Waals surface area contributed by atoms with Crippen LogP contribution in [0.2, 0.25) is 5.02 Å². The van der Waals surface area contributed by atoms with Gasteiger partial charge in [-0.05, 0) is 25.0 Å². The van der Waals surface area contributed by atoms with Crippen molar-refractivity contribution in [2.24, 2.45) is 0 Å². The van der Waals surface area contributed by atoms with Crippen LogP contribution in [0.3, 0.4) is 0 Å². The molecule has 0 aromatic carbocycles. The Bertz CT molecular complexity index is 797. The molecule has 0 radical (unpaired) electrons. The molecule has 0 unspecified atom stereocenters. The van der Waals surface area contributed by atoms with Crippen molar-refractivity contribution in [3.05, 3.63) is 47.0 Å². The first-order valence-electron chi connectivity index (χ1n) is 8.80. The van der Waals surface area contributed by atoms with Gasteiger partial charge in [0.25, 0.3) is 5.91 Å². The van der Waals surface area contributed by atoms with E-state index in [2.05, 4.69) is 19.9 Å². The molecule has 2 aliphatic heterocycles. The van der Waals surface area contributed by atoms with Crippen LogP contribution in [0.4, 0.5) is 5.95 Å². The van der Waals surface area contributed by atoms with Gasteiger partial charge >= 0.3 is 0 Å². The van der Waals surface area contributed by atoms with Crippen molar-refractivity contribution in [1.29, 1.82) is 0 Å². The number of halogens is 1. The molecule has 2 aromatic heterocycles. The first-order chi connectivity index (χ1) is 12.7. The van der Waals surface area contributed by atoms with Crippen LogP contribution < -0.4 is 4.90 Å². The molecule has 0 spiro atoms. The summed E-state index contributed by atoms with van der Waals surface area (Å²) in [7, 11) is 0. The molecule has 0 saturated carbocycles. The molecule has 0 bridgehead atoms. The quantitative estimate of drug-likeness (QED) is 0.822. The van der Waals surface area contributed by atoms with Crippen LogP contribution in [0.25, 0.3) is 0 Å². The summed E-state index contributed by atoms with van der Waals surface area (Å²) in [6.45, 7) is 3.40. The second-order valence-corrected chi connectivity index (χ2v) is 6.85. The van der Waals surface area contributed by atoms with Gasteiger partial charge in [0.15, 0.2) is 0 Å². The van der Waals surface area contributed by atoms with E-state index in [1.807, 2.05) is 6.07 Å². The molecular formula is C18H20ClN5O2. The summed E-state index contributed by atoms with van der Waals surface area (Å²) in [6, 6.07) is 3.50. The number of nitrogens with zero attached hydrogens (tertiary/aromatic N) is 5. The minimum Gasteiger partial charge on any atom is -0.368 e. The Balaban J connectivity index is 1.51.